The van der Waals surface area contributed by atoms with Gasteiger partial charge in [-0.05, 0) is 25.8 Å². The summed E-state index contributed by atoms with van der Waals surface area (Å²) in [5.74, 6) is -1.27. The molecule has 0 aliphatic carbocycles. The van der Waals surface area contributed by atoms with Crippen LogP contribution in [0.2, 0.25) is 0 Å². The first-order valence-electron chi connectivity index (χ1n) is 7.07. The van der Waals surface area contributed by atoms with E-state index in [1.807, 2.05) is 0 Å². The van der Waals surface area contributed by atoms with Gasteiger partial charge >= 0.3 is 12.0 Å². The molecule has 0 radical (unpaired) electrons. The molecule has 2 heterocycles. The zero-order chi connectivity index (χ0) is 14.8. The highest BCUT2D eigenvalue weighted by atomic mass is 16.4. The second-order valence-corrected chi connectivity index (χ2v) is 5.45. The minimum atomic E-state index is -1.01. The maximum Gasteiger partial charge on any atom is 0.325 e. The normalized spacial score (nSPS) is 22.4. The average molecular weight is 283 g/mol. The molecule has 20 heavy (non-hydrogen) atoms. The Hall–Kier alpha value is -1.63. The summed E-state index contributed by atoms with van der Waals surface area (Å²) in [5, 5.41) is 11.4. The summed E-state index contributed by atoms with van der Waals surface area (Å²) in [6, 6.07) is -0.458. The van der Waals surface area contributed by atoms with E-state index in [2.05, 4.69) is 17.1 Å². The molecule has 7 heteroatoms. The zero-order valence-electron chi connectivity index (χ0n) is 11.7. The molecule has 2 fully saturated rings. The molecule has 0 aromatic rings. The van der Waals surface area contributed by atoms with Crippen LogP contribution in [0.4, 0.5) is 4.79 Å². The number of aliphatic carboxylic acids is 1. The number of urea groups is 1. The van der Waals surface area contributed by atoms with Crippen LogP contribution in [0.1, 0.15) is 32.6 Å². The summed E-state index contributed by atoms with van der Waals surface area (Å²) in [7, 11) is 0. The summed E-state index contributed by atoms with van der Waals surface area (Å²) in [5.41, 5.74) is -0.806. The quantitative estimate of drug-likeness (QED) is 0.706. The number of likely N-dealkylation sites (tertiary alicyclic amines) is 1. The van der Waals surface area contributed by atoms with Gasteiger partial charge in [0.15, 0.2) is 0 Å². The van der Waals surface area contributed by atoms with Crippen LogP contribution in [0.15, 0.2) is 0 Å². The molecule has 0 saturated carbocycles. The predicted molar refractivity (Wildman–Crippen MR) is 71.2 cm³/mol. The van der Waals surface area contributed by atoms with Crippen molar-refractivity contribution in [3.05, 3.63) is 0 Å². The summed E-state index contributed by atoms with van der Waals surface area (Å²) in [6.45, 7) is 4.63. The van der Waals surface area contributed by atoms with Crippen molar-refractivity contribution in [2.45, 2.75) is 38.1 Å². The van der Waals surface area contributed by atoms with Crippen LogP contribution in [-0.4, -0.2) is 64.5 Å². The fourth-order valence-electron chi connectivity index (χ4n) is 2.90. The monoisotopic (exact) mass is 283 g/mol. The highest BCUT2D eigenvalue weighted by Crippen LogP contribution is 2.29. The molecule has 2 N–H and O–H groups in total. The number of rotatable bonds is 5. The van der Waals surface area contributed by atoms with Crippen LogP contribution in [0.5, 0.6) is 0 Å². The third-order valence-corrected chi connectivity index (χ3v) is 4.04. The number of carboxylic acids is 1. The third kappa shape index (κ3) is 2.77. The molecule has 7 nitrogen and oxygen atoms in total. The molecule has 3 amide bonds. The summed E-state index contributed by atoms with van der Waals surface area (Å²) >= 11 is 0. The Kier molecular flexibility index (Phi) is 4.27. The van der Waals surface area contributed by atoms with Crippen molar-refractivity contribution in [3.8, 4) is 0 Å². The summed E-state index contributed by atoms with van der Waals surface area (Å²) in [6.07, 6.45) is 2.05. The van der Waals surface area contributed by atoms with Gasteiger partial charge in [0.2, 0.25) is 0 Å². The van der Waals surface area contributed by atoms with Gasteiger partial charge in [-0.25, -0.2) is 4.79 Å². The van der Waals surface area contributed by atoms with E-state index in [1.165, 1.54) is 0 Å². The fourth-order valence-corrected chi connectivity index (χ4v) is 2.90. The number of carbonyl (C=O) groups excluding carboxylic acids is 2. The molecule has 0 bridgehead atoms. The van der Waals surface area contributed by atoms with Gasteiger partial charge in [-0.15, -0.1) is 0 Å². The van der Waals surface area contributed by atoms with Crippen molar-refractivity contribution < 1.29 is 19.5 Å². The molecule has 0 aromatic carbocycles. The van der Waals surface area contributed by atoms with Crippen molar-refractivity contribution in [2.75, 3.05) is 26.2 Å². The SMILES string of the molecule is CCCN1CCC2(CC1)NC(=O)N(CCC(=O)O)C2=O. The van der Waals surface area contributed by atoms with Crippen LogP contribution in [0.25, 0.3) is 0 Å². The van der Waals surface area contributed by atoms with E-state index in [4.69, 9.17) is 5.11 Å². The van der Waals surface area contributed by atoms with Gasteiger partial charge in [0, 0.05) is 19.6 Å². The maximum atomic E-state index is 12.4. The topological polar surface area (TPSA) is 90.0 Å². The molecular weight excluding hydrogens is 262 g/mol. The van der Waals surface area contributed by atoms with Crippen LogP contribution in [0.3, 0.4) is 0 Å². The van der Waals surface area contributed by atoms with E-state index in [9.17, 15) is 14.4 Å². The molecule has 2 saturated heterocycles. The lowest BCUT2D eigenvalue weighted by Gasteiger charge is -2.37. The third-order valence-electron chi connectivity index (χ3n) is 4.04. The Labute approximate surface area is 117 Å². The standard InChI is InChI=1S/C13H21N3O4/c1-2-6-15-8-4-13(5-9-15)11(19)16(12(20)14-13)7-3-10(17)18/h2-9H2,1H3,(H,14,20)(H,17,18). The Morgan fingerprint density at radius 3 is 2.50 bits per heavy atom. The van der Waals surface area contributed by atoms with Crippen molar-refractivity contribution in [1.82, 2.24) is 15.1 Å². The number of hydrogen-bond donors (Lipinski definition) is 2. The van der Waals surface area contributed by atoms with E-state index >= 15 is 0 Å². The minimum absolute atomic E-state index is 0.0551. The van der Waals surface area contributed by atoms with Crippen LogP contribution < -0.4 is 5.32 Å². The lowest BCUT2D eigenvalue weighted by Crippen LogP contribution is -2.55. The lowest BCUT2D eigenvalue weighted by molar-refractivity contribution is -0.138. The van der Waals surface area contributed by atoms with E-state index in [0.29, 0.717) is 12.8 Å². The zero-order valence-corrected chi connectivity index (χ0v) is 11.7. The van der Waals surface area contributed by atoms with Crippen LogP contribution in [0, 0.1) is 0 Å². The second kappa shape index (κ2) is 5.78. The summed E-state index contributed by atoms with van der Waals surface area (Å²) in [4.78, 5) is 38.2. The van der Waals surface area contributed by atoms with Gasteiger partial charge in [-0.2, -0.15) is 0 Å². The molecule has 112 valence electrons. The fraction of sp³-hybridized carbons (Fsp3) is 0.769. The number of amides is 3. The molecule has 1 spiro atoms. The van der Waals surface area contributed by atoms with Crippen LogP contribution in [-0.2, 0) is 9.59 Å². The van der Waals surface area contributed by atoms with Crippen LogP contribution >= 0.6 is 0 Å². The molecule has 0 unspecified atom stereocenters. The summed E-state index contributed by atoms with van der Waals surface area (Å²) < 4.78 is 0. The molecule has 2 aliphatic heterocycles. The van der Waals surface area contributed by atoms with Crippen molar-refractivity contribution >= 4 is 17.9 Å². The Morgan fingerprint density at radius 1 is 1.30 bits per heavy atom. The number of piperidine rings is 1. The largest absolute Gasteiger partial charge is 0.481 e. The number of nitrogens with one attached hydrogen (secondary N) is 1. The Morgan fingerprint density at radius 2 is 1.95 bits per heavy atom. The first-order valence-corrected chi connectivity index (χ1v) is 7.07. The predicted octanol–water partition coefficient (Wildman–Crippen LogP) is 0.258. The molecule has 2 rings (SSSR count). The van der Waals surface area contributed by atoms with E-state index in [0.717, 1.165) is 31.0 Å². The second-order valence-electron chi connectivity index (χ2n) is 5.45. The number of imide groups is 1. The van der Waals surface area contributed by atoms with Crippen molar-refractivity contribution in [2.24, 2.45) is 0 Å². The molecule has 2 aliphatic rings. The van der Waals surface area contributed by atoms with Gasteiger partial charge in [0.25, 0.3) is 5.91 Å². The minimum Gasteiger partial charge on any atom is -0.481 e. The van der Waals surface area contributed by atoms with Gasteiger partial charge in [-0.3, -0.25) is 14.5 Å². The first-order chi connectivity index (χ1) is 9.48. The number of hydrogen-bond acceptors (Lipinski definition) is 4. The molecule has 0 aromatic heterocycles. The number of nitrogens with zero attached hydrogens (tertiary/aromatic N) is 2. The average Bonchev–Trinajstić information content (AvgIpc) is 2.62. The number of carboxylic acid groups (broad SMARTS) is 1. The van der Waals surface area contributed by atoms with Crippen molar-refractivity contribution in [1.29, 1.82) is 0 Å². The Balaban J connectivity index is 1.99. The van der Waals surface area contributed by atoms with Gasteiger partial charge in [0.05, 0.1) is 6.42 Å². The Bertz CT molecular complexity index is 416. The highest BCUT2D eigenvalue weighted by Gasteiger charge is 2.51. The van der Waals surface area contributed by atoms with Gasteiger partial charge < -0.3 is 15.3 Å². The number of carbonyl (C=O) groups is 3. The molecule has 0 atom stereocenters. The van der Waals surface area contributed by atoms with Gasteiger partial charge in [0.1, 0.15) is 5.54 Å². The first kappa shape index (κ1) is 14.8. The van der Waals surface area contributed by atoms with Crippen molar-refractivity contribution in [3.63, 3.8) is 0 Å². The lowest BCUT2D eigenvalue weighted by atomic mass is 9.87. The van der Waals surface area contributed by atoms with E-state index < -0.39 is 17.5 Å². The highest BCUT2D eigenvalue weighted by molar-refractivity contribution is 6.07. The van der Waals surface area contributed by atoms with E-state index in [-0.39, 0.29) is 18.9 Å². The molecular formula is C13H21N3O4. The smallest absolute Gasteiger partial charge is 0.325 e. The van der Waals surface area contributed by atoms with E-state index in [1.54, 1.807) is 0 Å². The van der Waals surface area contributed by atoms with Gasteiger partial charge in [-0.1, -0.05) is 6.92 Å². The maximum absolute atomic E-state index is 12.4.